The second-order valence-electron chi connectivity index (χ2n) is 4.85. The molecule has 2 aromatic rings. The predicted molar refractivity (Wildman–Crippen MR) is 72.0 cm³/mol. The second-order valence-corrected chi connectivity index (χ2v) is 4.85. The summed E-state index contributed by atoms with van der Waals surface area (Å²) >= 11 is 0. The fraction of sp³-hybridized carbons (Fsp3) is 0.357. The monoisotopic (exact) mass is 245 g/mol. The van der Waals surface area contributed by atoms with Gasteiger partial charge in [0.25, 0.3) is 0 Å². The lowest BCUT2D eigenvalue weighted by molar-refractivity contribution is 0.632. The molecule has 1 aliphatic carbocycles. The molecule has 0 aliphatic heterocycles. The molecule has 1 aromatic heterocycles. The van der Waals surface area contributed by atoms with Crippen molar-refractivity contribution < 1.29 is 4.39 Å². The molecule has 18 heavy (non-hydrogen) atoms. The van der Waals surface area contributed by atoms with Gasteiger partial charge in [0.1, 0.15) is 5.52 Å². The Labute approximate surface area is 105 Å². The summed E-state index contributed by atoms with van der Waals surface area (Å²) in [7, 11) is 0. The first kappa shape index (κ1) is 11.3. The van der Waals surface area contributed by atoms with E-state index in [-0.39, 0.29) is 5.82 Å². The molecule has 94 valence electrons. The summed E-state index contributed by atoms with van der Waals surface area (Å²) in [5, 5.41) is 3.94. The number of nitrogens with zero attached hydrogens (tertiary/aromatic N) is 1. The Bertz CT molecular complexity index is 577. The number of nitrogens with two attached hydrogens (primary N) is 1. The van der Waals surface area contributed by atoms with E-state index in [1.807, 2.05) is 6.07 Å². The standard InChI is InChI=1S/C14H16FN3/c15-13-12(18-9-3-1-2-4-9)6-5-10-11(16)7-8-17-14(10)13/h5-9,18H,1-4H2,(H2,16,17). The number of benzene rings is 1. The molecule has 4 heteroatoms. The zero-order valence-corrected chi connectivity index (χ0v) is 10.1. The third-order valence-electron chi connectivity index (χ3n) is 3.60. The molecule has 1 aromatic carbocycles. The lowest BCUT2D eigenvalue weighted by atomic mass is 10.1. The van der Waals surface area contributed by atoms with Crippen LogP contribution in [-0.2, 0) is 0 Å². The summed E-state index contributed by atoms with van der Waals surface area (Å²) < 4.78 is 14.3. The Morgan fingerprint density at radius 3 is 2.78 bits per heavy atom. The molecule has 1 saturated carbocycles. The molecule has 0 atom stereocenters. The van der Waals surface area contributed by atoms with Crippen molar-refractivity contribution in [3.05, 3.63) is 30.2 Å². The van der Waals surface area contributed by atoms with E-state index in [0.717, 1.165) is 12.8 Å². The summed E-state index contributed by atoms with van der Waals surface area (Å²) in [5.74, 6) is -0.299. The molecule has 3 rings (SSSR count). The van der Waals surface area contributed by atoms with Crippen molar-refractivity contribution in [1.29, 1.82) is 0 Å². The summed E-state index contributed by atoms with van der Waals surface area (Å²) in [6.07, 6.45) is 6.21. The molecule has 0 spiro atoms. The number of aromatic nitrogens is 1. The minimum absolute atomic E-state index is 0.299. The molecule has 0 radical (unpaired) electrons. The third kappa shape index (κ3) is 1.88. The third-order valence-corrected chi connectivity index (χ3v) is 3.60. The molecule has 0 bridgehead atoms. The van der Waals surface area contributed by atoms with Gasteiger partial charge in [0, 0.05) is 23.3 Å². The van der Waals surface area contributed by atoms with E-state index in [1.165, 1.54) is 12.8 Å². The highest BCUT2D eigenvalue weighted by atomic mass is 19.1. The van der Waals surface area contributed by atoms with Crippen molar-refractivity contribution in [3.63, 3.8) is 0 Å². The van der Waals surface area contributed by atoms with Gasteiger partial charge in [-0.25, -0.2) is 4.39 Å². The van der Waals surface area contributed by atoms with Crippen LogP contribution < -0.4 is 11.1 Å². The van der Waals surface area contributed by atoms with Gasteiger partial charge in [-0.3, -0.25) is 4.98 Å². The van der Waals surface area contributed by atoms with Crippen LogP contribution in [0.1, 0.15) is 25.7 Å². The largest absolute Gasteiger partial charge is 0.398 e. The van der Waals surface area contributed by atoms with Crippen LogP contribution in [0.25, 0.3) is 10.9 Å². The Morgan fingerprint density at radius 1 is 1.22 bits per heavy atom. The summed E-state index contributed by atoms with van der Waals surface area (Å²) in [6.45, 7) is 0. The number of anilines is 2. The zero-order valence-electron chi connectivity index (χ0n) is 10.1. The van der Waals surface area contributed by atoms with Crippen LogP contribution >= 0.6 is 0 Å². The summed E-state index contributed by atoms with van der Waals surface area (Å²) in [4.78, 5) is 4.08. The van der Waals surface area contributed by atoms with Gasteiger partial charge >= 0.3 is 0 Å². The maximum Gasteiger partial charge on any atom is 0.172 e. The van der Waals surface area contributed by atoms with Crippen LogP contribution in [0.5, 0.6) is 0 Å². The van der Waals surface area contributed by atoms with Crippen LogP contribution in [0.2, 0.25) is 0 Å². The van der Waals surface area contributed by atoms with Crippen molar-refractivity contribution in [1.82, 2.24) is 4.98 Å². The predicted octanol–water partition coefficient (Wildman–Crippen LogP) is 3.31. The number of hydrogen-bond donors (Lipinski definition) is 2. The first-order valence-electron chi connectivity index (χ1n) is 6.35. The van der Waals surface area contributed by atoms with E-state index in [2.05, 4.69) is 10.3 Å². The Hall–Kier alpha value is -1.84. The van der Waals surface area contributed by atoms with Gasteiger partial charge in [-0.05, 0) is 31.0 Å². The quantitative estimate of drug-likeness (QED) is 0.853. The van der Waals surface area contributed by atoms with E-state index < -0.39 is 0 Å². The van der Waals surface area contributed by atoms with Gasteiger partial charge < -0.3 is 11.1 Å². The number of nitrogen functional groups attached to an aromatic ring is 1. The first-order valence-corrected chi connectivity index (χ1v) is 6.35. The van der Waals surface area contributed by atoms with Gasteiger partial charge in [0.2, 0.25) is 0 Å². The van der Waals surface area contributed by atoms with Gasteiger partial charge in [0.05, 0.1) is 5.69 Å². The van der Waals surface area contributed by atoms with Crippen molar-refractivity contribution in [2.75, 3.05) is 11.1 Å². The second kappa shape index (κ2) is 4.44. The van der Waals surface area contributed by atoms with E-state index in [1.54, 1.807) is 18.3 Å². The number of halogens is 1. The fourth-order valence-corrected chi connectivity index (χ4v) is 2.61. The average molecular weight is 245 g/mol. The van der Waals surface area contributed by atoms with E-state index >= 15 is 0 Å². The van der Waals surface area contributed by atoms with Crippen LogP contribution in [0, 0.1) is 5.82 Å². The highest BCUT2D eigenvalue weighted by Gasteiger charge is 2.17. The van der Waals surface area contributed by atoms with Crippen LogP contribution in [0.3, 0.4) is 0 Å². The van der Waals surface area contributed by atoms with Crippen LogP contribution in [0.4, 0.5) is 15.8 Å². The molecule has 3 N–H and O–H groups in total. The van der Waals surface area contributed by atoms with Crippen molar-refractivity contribution in [2.45, 2.75) is 31.7 Å². The first-order chi connectivity index (χ1) is 8.75. The molecular weight excluding hydrogens is 229 g/mol. The molecule has 0 unspecified atom stereocenters. The highest BCUT2D eigenvalue weighted by molar-refractivity contribution is 5.92. The molecular formula is C14H16FN3. The number of hydrogen-bond acceptors (Lipinski definition) is 3. The van der Waals surface area contributed by atoms with E-state index in [4.69, 9.17) is 5.73 Å². The van der Waals surface area contributed by atoms with Gasteiger partial charge in [-0.1, -0.05) is 12.8 Å². The van der Waals surface area contributed by atoms with Crippen LogP contribution in [-0.4, -0.2) is 11.0 Å². The topological polar surface area (TPSA) is 50.9 Å². The zero-order chi connectivity index (χ0) is 12.5. The molecule has 1 fully saturated rings. The van der Waals surface area contributed by atoms with Gasteiger partial charge in [-0.2, -0.15) is 0 Å². The van der Waals surface area contributed by atoms with Crippen LogP contribution in [0.15, 0.2) is 24.4 Å². The van der Waals surface area contributed by atoms with Crippen molar-refractivity contribution in [2.24, 2.45) is 0 Å². The Kier molecular flexibility index (Phi) is 2.78. The van der Waals surface area contributed by atoms with Gasteiger partial charge in [0.15, 0.2) is 5.82 Å². The fourth-order valence-electron chi connectivity index (χ4n) is 2.61. The Balaban J connectivity index is 2.00. The molecule has 3 nitrogen and oxygen atoms in total. The summed E-state index contributed by atoms with van der Waals surface area (Å²) in [6, 6.07) is 5.66. The maximum atomic E-state index is 14.3. The van der Waals surface area contributed by atoms with E-state index in [9.17, 15) is 4.39 Å². The number of fused-ring (bicyclic) bond motifs is 1. The summed E-state index contributed by atoms with van der Waals surface area (Å²) in [5.41, 5.74) is 7.25. The van der Waals surface area contributed by atoms with Gasteiger partial charge in [-0.15, -0.1) is 0 Å². The molecule has 0 amide bonds. The highest BCUT2D eigenvalue weighted by Crippen LogP contribution is 2.29. The normalized spacial score (nSPS) is 16.3. The van der Waals surface area contributed by atoms with Crippen molar-refractivity contribution in [3.8, 4) is 0 Å². The number of nitrogens with one attached hydrogen (secondary N) is 1. The Morgan fingerprint density at radius 2 is 2.00 bits per heavy atom. The number of pyridine rings is 1. The minimum atomic E-state index is -0.299. The molecule has 1 aliphatic rings. The molecule has 0 saturated heterocycles. The smallest absolute Gasteiger partial charge is 0.172 e. The SMILES string of the molecule is Nc1ccnc2c(F)c(NC3CCCC3)ccc12. The minimum Gasteiger partial charge on any atom is -0.398 e. The van der Waals surface area contributed by atoms with Crippen molar-refractivity contribution >= 4 is 22.3 Å². The maximum absolute atomic E-state index is 14.3. The lowest BCUT2D eigenvalue weighted by Crippen LogP contribution is -2.15. The molecule has 1 heterocycles. The lowest BCUT2D eigenvalue weighted by Gasteiger charge is -2.15. The number of rotatable bonds is 2. The van der Waals surface area contributed by atoms with E-state index in [0.29, 0.717) is 28.3 Å². The average Bonchev–Trinajstić information content (AvgIpc) is 2.86.